The standard InChI is InChI=1S/C15H17NO4/c1-11(17)15(9-5-8-14(15)18)13(10-16(19)20)12-6-3-2-4-7-12/h2-4,6-7,13H,5,8-10H2,1H3/t13-,15+/m0/s1. The van der Waals surface area contributed by atoms with E-state index in [2.05, 4.69) is 0 Å². The lowest BCUT2D eigenvalue weighted by Crippen LogP contribution is -2.42. The molecule has 20 heavy (non-hydrogen) atoms. The molecule has 106 valence electrons. The zero-order valence-corrected chi connectivity index (χ0v) is 11.4. The predicted octanol–water partition coefficient (Wildman–Crippen LogP) is 2.38. The van der Waals surface area contributed by atoms with Crippen LogP contribution in [0.2, 0.25) is 0 Å². The van der Waals surface area contributed by atoms with Crippen LogP contribution in [-0.4, -0.2) is 23.0 Å². The SMILES string of the molecule is CC(=O)[C@@]1([C@@H](C[N+](=O)[O-])c2ccccc2)CCCC1=O. The molecule has 5 nitrogen and oxygen atoms in total. The number of nitrogens with zero attached hydrogens (tertiary/aromatic N) is 1. The number of ketones is 2. The molecule has 1 aromatic rings. The Morgan fingerprint density at radius 1 is 1.40 bits per heavy atom. The summed E-state index contributed by atoms with van der Waals surface area (Å²) in [4.78, 5) is 35.0. The highest BCUT2D eigenvalue weighted by molar-refractivity contribution is 6.08. The Labute approximate surface area is 117 Å². The molecule has 0 unspecified atom stereocenters. The van der Waals surface area contributed by atoms with Crippen LogP contribution in [-0.2, 0) is 9.59 Å². The number of benzene rings is 1. The Morgan fingerprint density at radius 3 is 2.50 bits per heavy atom. The Morgan fingerprint density at radius 2 is 2.05 bits per heavy atom. The molecule has 5 heteroatoms. The van der Waals surface area contributed by atoms with Gasteiger partial charge in [0.05, 0.1) is 5.92 Å². The van der Waals surface area contributed by atoms with Crippen molar-refractivity contribution < 1.29 is 14.5 Å². The highest BCUT2D eigenvalue weighted by Gasteiger charge is 2.54. The largest absolute Gasteiger partial charge is 0.299 e. The summed E-state index contributed by atoms with van der Waals surface area (Å²) in [6.45, 7) is 0.981. The number of carbonyl (C=O) groups excluding carboxylic acids is 2. The molecule has 0 amide bonds. The van der Waals surface area contributed by atoms with Gasteiger partial charge in [-0.25, -0.2) is 0 Å². The zero-order valence-electron chi connectivity index (χ0n) is 11.4. The van der Waals surface area contributed by atoms with Gasteiger partial charge in [-0.2, -0.15) is 0 Å². The van der Waals surface area contributed by atoms with Crippen LogP contribution in [0.25, 0.3) is 0 Å². The number of Topliss-reactive ketones (excluding diaryl/α,β-unsaturated/α-hetero) is 2. The molecule has 1 aliphatic rings. The highest BCUT2D eigenvalue weighted by Crippen LogP contribution is 2.47. The summed E-state index contributed by atoms with van der Waals surface area (Å²) in [5.74, 6) is -1.08. The number of rotatable bonds is 5. The minimum atomic E-state index is -1.21. The van der Waals surface area contributed by atoms with Crippen molar-refractivity contribution in [1.82, 2.24) is 0 Å². The van der Waals surface area contributed by atoms with Gasteiger partial charge in [0, 0.05) is 11.3 Å². The van der Waals surface area contributed by atoms with Gasteiger partial charge in [0.1, 0.15) is 17.0 Å². The maximum absolute atomic E-state index is 12.3. The van der Waals surface area contributed by atoms with Crippen molar-refractivity contribution in [1.29, 1.82) is 0 Å². The Hall–Kier alpha value is -2.04. The van der Waals surface area contributed by atoms with Crippen molar-refractivity contribution >= 4 is 11.6 Å². The van der Waals surface area contributed by atoms with Gasteiger partial charge in [0.15, 0.2) is 0 Å². The molecule has 2 atom stereocenters. The van der Waals surface area contributed by atoms with E-state index < -0.39 is 22.8 Å². The Kier molecular flexibility index (Phi) is 3.97. The average Bonchev–Trinajstić information content (AvgIpc) is 2.79. The van der Waals surface area contributed by atoms with Crippen LogP contribution in [0.5, 0.6) is 0 Å². The Bertz CT molecular complexity index is 540. The molecule has 0 bridgehead atoms. The molecule has 0 aliphatic heterocycles. The third kappa shape index (κ3) is 2.35. The molecule has 1 fully saturated rings. The van der Waals surface area contributed by atoms with Crippen molar-refractivity contribution in [3.8, 4) is 0 Å². The summed E-state index contributed by atoms with van der Waals surface area (Å²) < 4.78 is 0. The maximum Gasteiger partial charge on any atom is 0.212 e. The number of hydrogen-bond donors (Lipinski definition) is 0. The lowest BCUT2D eigenvalue weighted by Gasteiger charge is -2.31. The smallest absolute Gasteiger partial charge is 0.212 e. The molecular formula is C15H17NO4. The summed E-state index contributed by atoms with van der Waals surface area (Å²) in [5.41, 5.74) is -0.524. The first kappa shape index (κ1) is 14.4. The first-order valence-electron chi connectivity index (χ1n) is 6.69. The van der Waals surface area contributed by atoms with Crippen LogP contribution in [0.1, 0.15) is 37.7 Å². The average molecular weight is 275 g/mol. The molecule has 0 radical (unpaired) electrons. The summed E-state index contributed by atoms with van der Waals surface area (Å²) in [7, 11) is 0. The van der Waals surface area contributed by atoms with Gasteiger partial charge in [-0.05, 0) is 25.3 Å². The molecule has 0 saturated heterocycles. The monoisotopic (exact) mass is 275 g/mol. The minimum absolute atomic E-state index is 0.152. The van der Waals surface area contributed by atoms with Crippen molar-refractivity contribution in [3.05, 3.63) is 46.0 Å². The van der Waals surface area contributed by atoms with Crippen molar-refractivity contribution in [2.45, 2.75) is 32.1 Å². The van der Waals surface area contributed by atoms with Gasteiger partial charge in [0.25, 0.3) is 0 Å². The lowest BCUT2D eigenvalue weighted by molar-refractivity contribution is -0.485. The van der Waals surface area contributed by atoms with E-state index in [4.69, 9.17) is 0 Å². The maximum atomic E-state index is 12.3. The van der Waals surface area contributed by atoms with Crippen molar-refractivity contribution in [3.63, 3.8) is 0 Å². The molecule has 2 rings (SSSR count). The predicted molar refractivity (Wildman–Crippen MR) is 73.0 cm³/mol. The van der Waals surface area contributed by atoms with Gasteiger partial charge < -0.3 is 0 Å². The molecule has 1 saturated carbocycles. The van der Waals surface area contributed by atoms with Crippen molar-refractivity contribution in [2.75, 3.05) is 6.54 Å². The molecule has 0 aromatic heterocycles. The Balaban J connectivity index is 2.52. The fourth-order valence-electron chi connectivity index (χ4n) is 3.26. The second kappa shape index (κ2) is 5.53. The summed E-state index contributed by atoms with van der Waals surface area (Å²) >= 11 is 0. The number of nitro groups is 1. The van der Waals surface area contributed by atoms with Gasteiger partial charge >= 0.3 is 0 Å². The van der Waals surface area contributed by atoms with Gasteiger partial charge in [-0.3, -0.25) is 19.7 Å². The molecular weight excluding hydrogens is 258 g/mol. The first-order chi connectivity index (χ1) is 9.48. The molecule has 0 N–H and O–H groups in total. The molecule has 1 aromatic carbocycles. The van der Waals surface area contributed by atoms with Crippen LogP contribution >= 0.6 is 0 Å². The van der Waals surface area contributed by atoms with Gasteiger partial charge in [0.2, 0.25) is 6.54 Å². The number of carbonyl (C=O) groups is 2. The summed E-state index contributed by atoms with van der Waals surface area (Å²) in [6.07, 6.45) is 1.37. The third-order valence-electron chi connectivity index (χ3n) is 4.23. The van der Waals surface area contributed by atoms with Crippen LogP contribution in [0.3, 0.4) is 0 Å². The van der Waals surface area contributed by atoms with E-state index in [1.807, 2.05) is 6.07 Å². The highest BCUT2D eigenvalue weighted by atomic mass is 16.6. The minimum Gasteiger partial charge on any atom is -0.299 e. The first-order valence-corrected chi connectivity index (χ1v) is 6.69. The van der Waals surface area contributed by atoms with E-state index in [1.54, 1.807) is 24.3 Å². The van der Waals surface area contributed by atoms with E-state index in [-0.39, 0.29) is 11.6 Å². The molecule has 0 heterocycles. The second-order valence-electron chi connectivity index (χ2n) is 5.28. The van der Waals surface area contributed by atoms with E-state index in [9.17, 15) is 19.7 Å². The van der Waals surface area contributed by atoms with E-state index in [0.717, 1.165) is 0 Å². The molecule has 0 spiro atoms. The second-order valence-corrected chi connectivity index (χ2v) is 5.28. The van der Waals surface area contributed by atoms with Crippen LogP contribution < -0.4 is 0 Å². The normalized spacial score (nSPS) is 23.6. The van der Waals surface area contributed by atoms with Gasteiger partial charge in [-0.15, -0.1) is 0 Å². The van der Waals surface area contributed by atoms with Gasteiger partial charge in [-0.1, -0.05) is 30.3 Å². The summed E-state index contributed by atoms with van der Waals surface area (Å²) in [6, 6.07) is 8.86. The lowest BCUT2D eigenvalue weighted by atomic mass is 9.67. The van der Waals surface area contributed by atoms with E-state index >= 15 is 0 Å². The van der Waals surface area contributed by atoms with Crippen LogP contribution in [0.15, 0.2) is 30.3 Å². The third-order valence-corrected chi connectivity index (χ3v) is 4.23. The fourth-order valence-corrected chi connectivity index (χ4v) is 3.26. The van der Waals surface area contributed by atoms with E-state index in [0.29, 0.717) is 24.8 Å². The van der Waals surface area contributed by atoms with Crippen LogP contribution in [0, 0.1) is 15.5 Å². The molecule has 1 aliphatic carbocycles. The van der Waals surface area contributed by atoms with Crippen molar-refractivity contribution in [2.24, 2.45) is 5.41 Å². The summed E-state index contributed by atoms with van der Waals surface area (Å²) in [5, 5.41) is 11.0. The number of hydrogen-bond acceptors (Lipinski definition) is 4. The fraction of sp³-hybridized carbons (Fsp3) is 0.467. The quantitative estimate of drug-likeness (QED) is 0.469. The topological polar surface area (TPSA) is 77.3 Å². The van der Waals surface area contributed by atoms with Crippen LogP contribution in [0.4, 0.5) is 0 Å². The zero-order chi connectivity index (χ0) is 14.8. The van der Waals surface area contributed by atoms with E-state index in [1.165, 1.54) is 6.92 Å².